The van der Waals surface area contributed by atoms with Crippen molar-refractivity contribution in [2.24, 2.45) is 7.05 Å². The highest BCUT2D eigenvalue weighted by Crippen LogP contribution is 2.27. The first-order valence-corrected chi connectivity index (χ1v) is 6.54. The first-order valence-electron chi connectivity index (χ1n) is 6.54. The average molecular weight is 262 g/mol. The number of anilines is 2. The Bertz CT molecular complexity index is 551. The Labute approximate surface area is 113 Å². The number of hydrogen-bond donors (Lipinski definition) is 2. The van der Waals surface area contributed by atoms with Gasteiger partial charge < -0.3 is 11.1 Å². The van der Waals surface area contributed by atoms with Crippen molar-refractivity contribution in [3.63, 3.8) is 0 Å². The van der Waals surface area contributed by atoms with Crippen molar-refractivity contribution in [3.05, 3.63) is 23.7 Å². The summed E-state index contributed by atoms with van der Waals surface area (Å²) in [4.78, 5) is 0. The Kier molecular flexibility index (Phi) is 3.78. The molecule has 3 N–H and O–H groups in total. The van der Waals surface area contributed by atoms with E-state index in [1.807, 2.05) is 31.0 Å². The van der Waals surface area contributed by atoms with Gasteiger partial charge in [-0.15, -0.1) is 0 Å². The Hall–Kier alpha value is -1.98. The van der Waals surface area contributed by atoms with Gasteiger partial charge in [-0.2, -0.15) is 10.2 Å². The summed E-state index contributed by atoms with van der Waals surface area (Å²) in [6.45, 7) is 7.78. The van der Waals surface area contributed by atoms with Crippen molar-refractivity contribution >= 4 is 11.5 Å². The van der Waals surface area contributed by atoms with Crippen LogP contribution in [0.2, 0.25) is 0 Å². The highest BCUT2D eigenvalue weighted by molar-refractivity contribution is 5.65. The van der Waals surface area contributed by atoms with Gasteiger partial charge in [0.15, 0.2) is 0 Å². The molecule has 2 heterocycles. The van der Waals surface area contributed by atoms with Crippen LogP contribution in [-0.4, -0.2) is 26.1 Å². The molecule has 0 saturated heterocycles. The fraction of sp³-hybridized carbons (Fsp3) is 0.538. The first-order chi connectivity index (χ1) is 8.99. The molecule has 0 saturated carbocycles. The molecular formula is C13H22N6. The Morgan fingerprint density at radius 2 is 2.16 bits per heavy atom. The van der Waals surface area contributed by atoms with Crippen LogP contribution < -0.4 is 11.1 Å². The quantitative estimate of drug-likeness (QED) is 0.861. The van der Waals surface area contributed by atoms with Gasteiger partial charge in [-0.1, -0.05) is 13.8 Å². The van der Waals surface area contributed by atoms with Crippen LogP contribution in [0, 0.1) is 6.92 Å². The van der Waals surface area contributed by atoms with Gasteiger partial charge in [0.05, 0.1) is 24.1 Å². The van der Waals surface area contributed by atoms with E-state index in [2.05, 4.69) is 29.4 Å². The van der Waals surface area contributed by atoms with Crippen LogP contribution in [0.5, 0.6) is 0 Å². The van der Waals surface area contributed by atoms with Crippen molar-refractivity contribution in [1.29, 1.82) is 0 Å². The second kappa shape index (κ2) is 5.34. The third-order valence-corrected chi connectivity index (χ3v) is 3.05. The minimum absolute atomic E-state index is 0.329. The summed E-state index contributed by atoms with van der Waals surface area (Å²) in [5, 5.41) is 12.0. The number of rotatable bonds is 5. The van der Waals surface area contributed by atoms with E-state index in [1.54, 1.807) is 4.68 Å². The van der Waals surface area contributed by atoms with Crippen LogP contribution in [-0.2, 0) is 13.6 Å². The minimum atomic E-state index is 0.329. The maximum absolute atomic E-state index is 6.12. The third kappa shape index (κ3) is 2.89. The Morgan fingerprint density at radius 3 is 2.68 bits per heavy atom. The van der Waals surface area contributed by atoms with Gasteiger partial charge in [-0.05, 0) is 18.4 Å². The molecule has 0 spiro atoms. The number of nitrogens with one attached hydrogen (secondary N) is 1. The summed E-state index contributed by atoms with van der Waals surface area (Å²) in [6.07, 6.45) is 3.88. The van der Waals surface area contributed by atoms with Gasteiger partial charge in [-0.25, -0.2) is 0 Å². The summed E-state index contributed by atoms with van der Waals surface area (Å²) >= 11 is 0. The molecule has 19 heavy (non-hydrogen) atoms. The molecule has 6 heteroatoms. The molecule has 0 aliphatic carbocycles. The lowest BCUT2D eigenvalue weighted by atomic mass is 10.1. The number of hydrogen-bond acceptors (Lipinski definition) is 4. The van der Waals surface area contributed by atoms with Gasteiger partial charge in [0.1, 0.15) is 5.82 Å². The second-order valence-electron chi connectivity index (χ2n) is 5.13. The lowest BCUT2D eigenvalue weighted by Crippen LogP contribution is -2.13. The van der Waals surface area contributed by atoms with Gasteiger partial charge >= 0.3 is 0 Å². The normalized spacial score (nSPS) is 11.2. The van der Waals surface area contributed by atoms with Crippen molar-refractivity contribution in [1.82, 2.24) is 19.6 Å². The molecule has 104 valence electrons. The maximum atomic E-state index is 6.12. The van der Waals surface area contributed by atoms with Gasteiger partial charge in [0, 0.05) is 19.8 Å². The summed E-state index contributed by atoms with van der Waals surface area (Å²) < 4.78 is 3.72. The molecule has 0 unspecified atom stereocenters. The molecule has 2 rings (SSSR count). The summed E-state index contributed by atoms with van der Waals surface area (Å²) in [6, 6.07) is 0. The molecule has 0 bridgehead atoms. The molecule has 6 nitrogen and oxygen atoms in total. The number of nitrogens with two attached hydrogens (primary N) is 1. The number of aryl methyl sites for hydroxylation is 2. The van der Waals surface area contributed by atoms with E-state index in [-0.39, 0.29) is 0 Å². The topological polar surface area (TPSA) is 73.7 Å². The van der Waals surface area contributed by atoms with Crippen LogP contribution in [0.15, 0.2) is 12.4 Å². The molecule has 0 aliphatic rings. The second-order valence-corrected chi connectivity index (χ2v) is 5.13. The van der Waals surface area contributed by atoms with E-state index in [0.717, 1.165) is 30.3 Å². The fourth-order valence-corrected chi connectivity index (χ4v) is 2.08. The largest absolute Gasteiger partial charge is 0.394 e. The average Bonchev–Trinajstić information content (AvgIpc) is 2.87. The smallest absolute Gasteiger partial charge is 0.147 e. The van der Waals surface area contributed by atoms with Crippen molar-refractivity contribution in [2.45, 2.75) is 33.2 Å². The number of aromatic nitrogens is 4. The van der Waals surface area contributed by atoms with Crippen LogP contribution in [0.25, 0.3) is 0 Å². The molecule has 0 aliphatic heterocycles. The zero-order chi connectivity index (χ0) is 14.0. The standard InChI is InChI=1S/C13H22N6/c1-9(2)12-11(14)13(18(4)17-12)15-5-6-19-8-10(3)7-16-19/h7-9,15H,5-6,14H2,1-4H3. The van der Waals surface area contributed by atoms with Gasteiger partial charge in [0.2, 0.25) is 0 Å². The first kappa shape index (κ1) is 13.5. The van der Waals surface area contributed by atoms with Crippen molar-refractivity contribution in [2.75, 3.05) is 17.6 Å². The van der Waals surface area contributed by atoms with E-state index < -0.39 is 0 Å². The SMILES string of the molecule is Cc1cnn(CCNc2c(N)c(C(C)C)nn2C)c1. The molecule has 0 aromatic carbocycles. The highest BCUT2D eigenvalue weighted by atomic mass is 15.3. The van der Waals surface area contributed by atoms with Crippen molar-refractivity contribution < 1.29 is 0 Å². The van der Waals surface area contributed by atoms with Crippen molar-refractivity contribution in [3.8, 4) is 0 Å². The summed E-state index contributed by atoms with van der Waals surface area (Å²) in [5.74, 6) is 1.21. The monoisotopic (exact) mass is 262 g/mol. The van der Waals surface area contributed by atoms with Crippen LogP contribution in [0.4, 0.5) is 11.5 Å². The molecular weight excluding hydrogens is 240 g/mol. The van der Waals surface area contributed by atoms with E-state index in [1.165, 1.54) is 5.56 Å². The number of nitrogen functional groups attached to an aromatic ring is 1. The van der Waals surface area contributed by atoms with E-state index in [4.69, 9.17) is 5.73 Å². The maximum Gasteiger partial charge on any atom is 0.147 e. The molecule has 0 atom stereocenters. The van der Waals surface area contributed by atoms with E-state index in [9.17, 15) is 0 Å². The fourth-order valence-electron chi connectivity index (χ4n) is 2.08. The zero-order valence-corrected chi connectivity index (χ0v) is 12.0. The molecule has 2 aromatic rings. The summed E-state index contributed by atoms with van der Waals surface area (Å²) in [5.41, 5.74) is 8.98. The minimum Gasteiger partial charge on any atom is -0.394 e. The lowest BCUT2D eigenvalue weighted by Gasteiger charge is -2.08. The highest BCUT2D eigenvalue weighted by Gasteiger charge is 2.15. The van der Waals surface area contributed by atoms with Gasteiger partial charge in [0.25, 0.3) is 0 Å². The Balaban J connectivity index is 2.00. The summed E-state index contributed by atoms with van der Waals surface area (Å²) in [7, 11) is 1.91. The molecule has 2 aromatic heterocycles. The number of nitrogens with zero attached hydrogens (tertiary/aromatic N) is 4. The zero-order valence-electron chi connectivity index (χ0n) is 12.0. The van der Waals surface area contributed by atoms with Crippen LogP contribution in [0.3, 0.4) is 0 Å². The third-order valence-electron chi connectivity index (χ3n) is 3.05. The predicted octanol–water partition coefficient (Wildman–Crippen LogP) is 1.74. The van der Waals surface area contributed by atoms with Gasteiger partial charge in [-0.3, -0.25) is 9.36 Å². The molecule has 0 fully saturated rings. The molecule has 0 amide bonds. The lowest BCUT2D eigenvalue weighted by molar-refractivity contribution is 0.632. The predicted molar refractivity (Wildman–Crippen MR) is 77.2 cm³/mol. The van der Waals surface area contributed by atoms with Crippen LogP contribution >= 0.6 is 0 Å². The van der Waals surface area contributed by atoms with Crippen LogP contribution in [0.1, 0.15) is 31.0 Å². The Morgan fingerprint density at radius 1 is 1.42 bits per heavy atom. The van der Waals surface area contributed by atoms with E-state index >= 15 is 0 Å². The van der Waals surface area contributed by atoms with E-state index in [0.29, 0.717) is 5.92 Å². The molecule has 0 radical (unpaired) electrons.